The number of rotatable bonds is 24. The molecule has 6 heteroatoms. The van der Waals surface area contributed by atoms with Crippen LogP contribution in [0.15, 0.2) is 18.2 Å². The van der Waals surface area contributed by atoms with Gasteiger partial charge in [-0.15, -0.1) is 0 Å². The molecule has 1 aromatic carbocycles. The van der Waals surface area contributed by atoms with Gasteiger partial charge in [-0.2, -0.15) is 0 Å². The van der Waals surface area contributed by atoms with Crippen molar-refractivity contribution in [3.63, 3.8) is 0 Å². The molecule has 0 saturated heterocycles. The SMILES string of the molecule is CCCCCCCCOC(=O)c1ccc(C(=O)OCCCCCCCC)c(C(=O)OCCCCCCC(C)C)c1. The predicted octanol–water partition coefficient (Wildman–Crippen LogP) is 9.48. The Balaban J connectivity index is 2.72. The third kappa shape index (κ3) is 16.7. The summed E-state index contributed by atoms with van der Waals surface area (Å²) in [5, 5.41) is 0. The molecule has 0 aliphatic carbocycles. The third-order valence-corrected chi connectivity index (χ3v) is 7.07. The van der Waals surface area contributed by atoms with Crippen LogP contribution in [0.1, 0.15) is 168 Å². The van der Waals surface area contributed by atoms with Crippen molar-refractivity contribution < 1.29 is 28.6 Å². The molecule has 228 valence electrons. The Bertz CT molecular complexity index is 832. The first-order valence-electron chi connectivity index (χ1n) is 16.1. The lowest BCUT2D eigenvalue weighted by molar-refractivity contribution is 0.0447. The molecule has 0 radical (unpaired) electrons. The number of ether oxygens (including phenoxy) is 3. The van der Waals surface area contributed by atoms with E-state index in [1.165, 1.54) is 69.6 Å². The fraction of sp³-hybridized carbons (Fsp3) is 0.735. The van der Waals surface area contributed by atoms with Gasteiger partial charge in [0.05, 0.1) is 36.5 Å². The van der Waals surface area contributed by atoms with E-state index in [-0.39, 0.29) is 23.3 Å². The van der Waals surface area contributed by atoms with E-state index in [4.69, 9.17) is 14.2 Å². The summed E-state index contributed by atoms with van der Waals surface area (Å²) >= 11 is 0. The second-order valence-corrected chi connectivity index (χ2v) is 11.3. The standard InChI is InChI=1S/C34H56O6/c1-5-7-9-11-14-18-24-38-32(35)29-22-23-30(33(36)39-25-19-15-12-10-8-6-2)31(27-29)34(37)40-26-20-16-13-17-21-28(3)4/h22-23,27-28H,5-21,24-26H2,1-4H3. The minimum Gasteiger partial charge on any atom is -0.462 e. The van der Waals surface area contributed by atoms with Gasteiger partial charge < -0.3 is 14.2 Å². The predicted molar refractivity (Wildman–Crippen MR) is 162 cm³/mol. The van der Waals surface area contributed by atoms with Gasteiger partial charge >= 0.3 is 17.9 Å². The molecule has 0 fully saturated rings. The molecule has 0 aromatic heterocycles. The lowest BCUT2D eigenvalue weighted by Crippen LogP contribution is -2.17. The van der Waals surface area contributed by atoms with Gasteiger partial charge in [-0.1, -0.05) is 118 Å². The molecule has 1 rings (SSSR count). The molecule has 0 saturated carbocycles. The maximum Gasteiger partial charge on any atom is 0.339 e. The summed E-state index contributed by atoms with van der Waals surface area (Å²) in [6.45, 7) is 9.72. The number of hydrogen-bond acceptors (Lipinski definition) is 6. The minimum absolute atomic E-state index is 0.0572. The summed E-state index contributed by atoms with van der Waals surface area (Å²) in [6, 6.07) is 4.42. The summed E-state index contributed by atoms with van der Waals surface area (Å²) in [5.74, 6) is -0.984. The highest BCUT2D eigenvalue weighted by atomic mass is 16.5. The average Bonchev–Trinajstić information content (AvgIpc) is 2.94. The maximum atomic E-state index is 13.0. The van der Waals surface area contributed by atoms with Crippen molar-refractivity contribution in [1.29, 1.82) is 0 Å². The van der Waals surface area contributed by atoms with E-state index in [0.29, 0.717) is 19.1 Å². The Labute approximate surface area is 243 Å². The molecule has 0 spiro atoms. The highest BCUT2D eigenvalue weighted by Gasteiger charge is 2.22. The molecule has 0 atom stereocenters. The molecule has 6 nitrogen and oxygen atoms in total. The van der Waals surface area contributed by atoms with Gasteiger partial charge in [-0.05, 0) is 43.4 Å². The molecule has 40 heavy (non-hydrogen) atoms. The summed E-state index contributed by atoms with van der Waals surface area (Å²) in [6.07, 6.45) is 18.3. The van der Waals surface area contributed by atoms with Crippen LogP contribution in [0.2, 0.25) is 0 Å². The maximum absolute atomic E-state index is 13.0. The van der Waals surface area contributed by atoms with E-state index < -0.39 is 17.9 Å². The Morgan fingerprint density at radius 2 is 0.975 bits per heavy atom. The van der Waals surface area contributed by atoms with E-state index in [1.54, 1.807) is 0 Å². The van der Waals surface area contributed by atoms with Crippen molar-refractivity contribution in [3.05, 3.63) is 34.9 Å². The second kappa shape index (κ2) is 23.3. The first kappa shape index (κ1) is 35.7. The minimum atomic E-state index is -0.612. The summed E-state index contributed by atoms with van der Waals surface area (Å²) in [7, 11) is 0. The zero-order valence-corrected chi connectivity index (χ0v) is 25.9. The van der Waals surface area contributed by atoms with E-state index in [9.17, 15) is 14.4 Å². The fourth-order valence-electron chi connectivity index (χ4n) is 4.52. The molecular weight excluding hydrogens is 504 g/mol. The van der Waals surface area contributed by atoms with E-state index in [2.05, 4.69) is 27.7 Å². The summed E-state index contributed by atoms with van der Waals surface area (Å²) in [4.78, 5) is 38.5. The van der Waals surface area contributed by atoms with Crippen molar-refractivity contribution in [1.82, 2.24) is 0 Å². The molecule has 1 aromatic rings. The van der Waals surface area contributed by atoms with Crippen LogP contribution in [-0.4, -0.2) is 37.7 Å². The molecule has 0 amide bonds. The van der Waals surface area contributed by atoms with E-state index in [1.807, 2.05) is 0 Å². The molecule has 0 unspecified atom stereocenters. The van der Waals surface area contributed by atoms with Gasteiger partial charge in [0.25, 0.3) is 0 Å². The van der Waals surface area contributed by atoms with Crippen LogP contribution in [0, 0.1) is 5.92 Å². The van der Waals surface area contributed by atoms with Gasteiger partial charge in [0.15, 0.2) is 0 Å². The Morgan fingerprint density at radius 1 is 0.550 bits per heavy atom. The van der Waals surface area contributed by atoms with Gasteiger partial charge in [-0.25, -0.2) is 14.4 Å². The summed E-state index contributed by atoms with van der Waals surface area (Å²) < 4.78 is 16.4. The number of hydrogen-bond donors (Lipinski definition) is 0. The lowest BCUT2D eigenvalue weighted by Gasteiger charge is -2.12. The lowest BCUT2D eigenvalue weighted by atomic mass is 10.0. The highest BCUT2D eigenvalue weighted by molar-refractivity contribution is 6.05. The smallest absolute Gasteiger partial charge is 0.339 e. The molecule has 0 aliphatic rings. The van der Waals surface area contributed by atoms with Gasteiger partial charge in [0.1, 0.15) is 0 Å². The monoisotopic (exact) mass is 560 g/mol. The first-order chi connectivity index (χ1) is 19.4. The highest BCUT2D eigenvalue weighted by Crippen LogP contribution is 2.18. The molecule has 0 aliphatic heterocycles. The van der Waals surface area contributed by atoms with Crippen molar-refractivity contribution in [2.24, 2.45) is 5.92 Å². The number of esters is 3. The van der Waals surface area contributed by atoms with Crippen LogP contribution in [-0.2, 0) is 14.2 Å². The fourth-order valence-corrected chi connectivity index (χ4v) is 4.52. The quantitative estimate of drug-likeness (QED) is 0.0711. The average molecular weight is 561 g/mol. The largest absolute Gasteiger partial charge is 0.462 e. The van der Waals surface area contributed by atoms with Crippen LogP contribution in [0.3, 0.4) is 0 Å². The van der Waals surface area contributed by atoms with E-state index in [0.717, 1.165) is 57.8 Å². The Hall–Kier alpha value is -2.37. The summed E-state index contributed by atoms with van der Waals surface area (Å²) in [5.41, 5.74) is 0.418. The number of benzene rings is 1. The van der Waals surface area contributed by atoms with Gasteiger partial charge in [-0.3, -0.25) is 0 Å². The molecule has 0 N–H and O–H groups in total. The Morgan fingerprint density at radius 3 is 1.48 bits per heavy atom. The molecule has 0 heterocycles. The second-order valence-electron chi connectivity index (χ2n) is 11.3. The topological polar surface area (TPSA) is 78.9 Å². The van der Waals surface area contributed by atoms with Crippen molar-refractivity contribution >= 4 is 17.9 Å². The zero-order valence-electron chi connectivity index (χ0n) is 25.9. The van der Waals surface area contributed by atoms with Gasteiger partial charge in [0.2, 0.25) is 0 Å². The molecule has 0 bridgehead atoms. The number of carbonyl (C=O) groups is 3. The van der Waals surface area contributed by atoms with Crippen LogP contribution < -0.4 is 0 Å². The van der Waals surface area contributed by atoms with Crippen molar-refractivity contribution in [2.75, 3.05) is 19.8 Å². The Kier molecular flexibility index (Phi) is 20.8. The van der Waals surface area contributed by atoms with Crippen molar-refractivity contribution in [2.45, 2.75) is 137 Å². The number of unbranched alkanes of at least 4 members (excludes halogenated alkanes) is 13. The first-order valence-corrected chi connectivity index (χ1v) is 16.1. The van der Waals surface area contributed by atoms with Crippen LogP contribution in [0.25, 0.3) is 0 Å². The molecular formula is C34H56O6. The number of carbonyl (C=O) groups excluding carboxylic acids is 3. The van der Waals surface area contributed by atoms with Gasteiger partial charge in [0, 0.05) is 0 Å². The van der Waals surface area contributed by atoms with Crippen molar-refractivity contribution in [3.8, 4) is 0 Å². The third-order valence-electron chi connectivity index (χ3n) is 7.07. The van der Waals surface area contributed by atoms with E-state index >= 15 is 0 Å². The van der Waals surface area contributed by atoms with Crippen LogP contribution in [0.4, 0.5) is 0 Å². The van der Waals surface area contributed by atoms with Crippen LogP contribution >= 0.6 is 0 Å². The van der Waals surface area contributed by atoms with Crippen LogP contribution in [0.5, 0.6) is 0 Å². The zero-order chi connectivity index (χ0) is 29.4. The normalized spacial score (nSPS) is 11.0.